The zero-order chi connectivity index (χ0) is 92.9. The minimum absolute atomic E-state index is 0.0218. The third-order valence-electron chi connectivity index (χ3n) is 31.4. The van der Waals surface area contributed by atoms with Crippen LogP contribution in [0, 0.1) is 98.1 Å². The molecule has 8 bridgehead atoms. The molecule has 20 heteroatoms. The van der Waals surface area contributed by atoms with Crippen LogP contribution in [0.15, 0.2) is 0 Å². The van der Waals surface area contributed by atoms with Crippen LogP contribution in [0.3, 0.4) is 0 Å². The molecular weight excluding hydrogens is 1570 g/mol. The summed E-state index contributed by atoms with van der Waals surface area (Å²) in [6, 6.07) is 0. The van der Waals surface area contributed by atoms with Gasteiger partial charge in [0.1, 0.15) is 35.6 Å². The Morgan fingerprint density at radius 3 is 0.879 bits per heavy atom. The molecule has 0 aromatic rings. The van der Waals surface area contributed by atoms with E-state index in [2.05, 4.69) is 27.7 Å². The molecule has 13 rings (SSSR count). The molecule has 0 spiro atoms. The van der Waals surface area contributed by atoms with Crippen LogP contribution in [0.2, 0.25) is 0 Å². The van der Waals surface area contributed by atoms with Crippen molar-refractivity contribution < 1.29 is 95.3 Å². The van der Waals surface area contributed by atoms with Crippen molar-refractivity contribution in [1.82, 2.24) is 0 Å². The van der Waals surface area contributed by atoms with Gasteiger partial charge in [-0.05, 0) is 308 Å². The molecule has 0 aromatic carbocycles. The van der Waals surface area contributed by atoms with Gasteiger partial charge in [-0.15, -0.1) is 0 Å². The second-order valence-corrected chi connectivity index (χ2v) is 40.8. The highest BCUT2D eigenvalue weighted by Gasteiger charge is 2.62. The van der Waals surface area contributed by atoms with Gasteiger partial charge in [0.05, 0.1) is 33.5 Å². The van der Waals surface area contributed by atoms with E-state index in [1.807, 2.05) is 125 Å². The van der Waals surface area contributed by atoms with E-state index in [1.54, 1.807) is 13.8 Å². The number of rotatable bonds is 33. The van der Waals surface area contributed by atoms with Crippen molar-refractivity contribution in [2.45, 2.75) is 465 Å². The van der Waals surface area contributed by atoms with Crippen LogP contribution >= 0.6 is 0 Å². The van der Waals surface area contributed by atoms with Crippen LogP contribution in [-0.4, -0.2) is 122 Å². The first-order chi connectivity index (χ1) is 58.9. The standard InChI is InChI=1S/C28H42O8.C23H38O4.C23H40O4.C22H38O4.4C2H6/c1-4-27(2,3)26(32)34-10-9-33-24(30)21-7-5-6-8-22(21)25(31)35-17-23(29)36-28-14-18-11-19(15-28)13-20(12-18)16-28;1-6-21(4,5)20(25)26-15-19(24)27-23(7-2,8-3)22-12-16-9-17(13-22)11-18(10-16)14-22;1-5-22(3,4)21(25)26-17-20(24)27-23(6-2,18-13-9-7-10-14-18)19-15-11-8-12-16-19;1-5-21(2,3)20(24)25-16-19(23)26-22(4,17-12-8-6-9-13-17)18-14-10-7-11-15-18;4*1-2/h18-22H,4-17H2,1-3H3;16-18H,6-15H2,1-5H3;18-19H,5-17H2,1-4H3;17-18H,5-16H2,1-4H3;4*1-2H3. The van der Waals surface area contributed by atoms with E-state index in [9.17, 15) is 47.9 Å². The fourth-order valence-corrected chi connectivity index (χ4v) is 23.3. The van der Waals surface area contributed by atoms with Gasteiger partial charge in [0.25, 0.3) is 0 Å². The average Bonchev–Trinajstić information content (AvgIpc) is 0.716. The van der Waals surface area contributed by atoms with Gasteiger partial charge in [0.2, 0.25) is 0 Å². The van der Waals surface area contributed by atoms with Gasteiger partial charge in [-0.3, -0.25) is 28.8 Å². The largest absolute Gasteiger partial charge is 0.462 e. The molecule has 13 aliphatic rings. The van der Waals surface area contributed by atoms with Crippen molar-refractivity contribution in [1.29, 1.82) is 0 Å². The first-order valence-electron chi connectivity index (χ1n) is 50.8. The summed E-state index contributed by atoms with van der Waals surface area (Å²) >= 11 is 0. The molecule has 0 aliphatic heterocycles. The number of carbonyl (C=O) groups excluding carboxylic acids is 10. The molecule has 718 valence electrons. The maximum absolute atomic E-state index is 12.8. The van der Waals surface area contributed by atoms with Gasteiger partial charge in [0, 0.05) is 5.41 Å². The number of hydrogen-bond donors (Lipinski definition) is 0. The predicted molar refractivity (Wildman–Crippen MR) is 490 cm³/mol. The first-order valence-corrected chi connectivity index (χ1v) is 50.8. The highest BCUT2D eigenvalue weighted by atomic mass is 16.6. The van der Waals surface area contributed by atoms with Crippen LogP contribution in [0.1, 0.15) is 442 Å². The minimum Gasteiger partial charge on any atom is -0.462 e. The molecule has 13 saturated carbocycles. The third-order valence-corrected chi connectivity index (χ3v) is 31.4. The Morgan fingerprint density at radius 2 is 0.556 bits per heavy atom. The lowest BCUT2D eigenvalue weighted by Crippen LogP contribution is -2.59. The number of ether oxygens (including phenoxy) is 10. The van der Waals surface area contributed by atoms with Crippen molar-refractivity contribution in [3.05, 3.63) is 0 Å². The van der Waals surface area contributed by atoms with E-state index in [-0.39, 0.29) is 91.4 Å². The molecule has 0 amide bonds. The van der Waals surface area contributed by atoms with Gasteiger partial charge in [0.15, 0.2) is 26.4 Å². The van der Waals surface area contributed by atoms with E-state index >= 15 is 0 Å². The maximum atomic E-state index is 12.8. The van der Waals surface area contributed by atoms with Crippen molar-refractivity contribution in [2.75, 3.05) is 39.6 Å². The van der Waals surface area contributed by atoms with E-state index in [4.69, 9.17) is 47.4 Å². The Balaban J connectivity index is 0.000000340. The van der Waals surface area contributed by atoms with Gasteiger partial charge < -0.3 is 47.4 Å². The molecular formula is C104H182O20. The number of esters is 10. The average molecular weight is 1750 g/mol. The van der Waals surface area contributed by atoms with E-state index in [0.29, 0.717) is 80.0 Å². The quantitative estimate of drug-likeness (QED) is 0.0336. The molecule has 0 saturated heterocycles. The topological polar surface area (TPSA) is 263 Å². The summed E-state index contributed by atoms with van der Waals surface area (Å²) in [7, 11) is 0. The Hall–Kier alpha value is -5.30. The zero-order valence-electron chi connectivity index (χ0n) is 83.2. The predicted octanol–water partition coefficient (Wildman–Crippen LogP) is 25.0. The first kappa shape index (κ1) is 111. The summed E-state index contributed by atoms with van der Waals surface area (Å²) in [5, 5.41) is 0. The van der Waals surface area contributed by atoms with E-state index in [1.165, 1.54) is 135 Å². The summed E-state index contributed by atoms with van der Waals surface area (Å²) in [6.07, 6.45) is 46.4. The van der Waals surface area contributed by atoms with E-state index < -0.39 is 69.2 Å². The summed E-state index contributed by atoms with van der Waals surface area (Å²) in [6.45, 7) is 45.8. The van der Waals surface area contributed by atoms with Crippen LogP contribution in [0.5, 0.6) is 0 Å². The van der Waals surface area contributed by atoms with Crippen molar-refractivity contribution in [2.24, 2.45) is 98.1 Å². The second-order valence-electron chi connectivity index (χ2n) is 40.8. The minimum atomic E-state index is -0.639. The zero-order valence-corrected chi connectivity index (χ0v) is 83.2. The van der Waals surface area contributed by atoms with Crippen molar-refractivity contribution in [3.8, 4) is 0 Å². The molecule has 2 atom stereocenters. The molecule has 0 radical (unpaired) electrons. The summed E-state index contributed by atoms with van der Waals surface area (Å²) in [5.41, 5.74) is -3.70. The maximum Gasteiger partial charge on any atom is 0.344 e. The summed E-state index contributed by atoms with van der Waals surface area (Å²) in [4.78, 5) is 125. The van der Waals surface area contributed by atoms with E-state index in [0.717, 1.165) is 120 Å². The normalized spacial score (nSPS) is 25.6. The number of carbonyl (C=O) groups is 10. The molecule has 0 heterocycles. The Labute approximate surface area is 753 Å². The van der Waals surface area contributed by atoms with Gasteiger partial charge in [-0.25, -0.2) is 19.2 Å². The van der Waals surface area contributed by atoms with Gasteiger partial charge in [-0.2, -0.15) is 0 Å². The molecule has 0 aromatic heterocycles. The monoisotopic (exact) mass is 1750 g/mol. The SMILES string of the molecule is CC.CC.CC.CC.CCC(C)(C)C(=O)OCC(=O)OC(C)(C1CCCCC1)C1CCCCC1.CCC(C)(C)C(=O)OCC(=O)OC(CC)(C1CCCCC1)C1CCCCC1.CCC(C)(C)C(=O)OCC(=O)OC(CC)(CC)C12CC3CC(CC(C3)C1)C2.CCC(C)(C)C(=O)OCCOC(=O)C1CCCCC1C(=O)OCC(=O)OC12CC3CC(CC(C3)C1)C2. The van der Waals surface area contributed by atoms with Crippen molar-refractivity contribution in [3.63, 3.8) is 0 Å². The highest BCUT2D eigenvalue weighted by Crippen LogP contribution is 2.66. The lowest BCUT2D eigenvalue weighted by Gasteiger charge is -2.63. The third kappa shape index (κ3) is 30.9. The summed E-state index contributed by atoms with van der Waals surface area (Å²) < 4.78 is 56.3. The Kier molecular flexibility index (Phi) is 47.6. The lowest BCUT2D eigenvalue weighted by molar-refractivity contribution is -0.215. The van der Waals surface area contributed by atoms with Crippen molar-refractivity contribution >= 4 is 59.7 Å². The molecule has 2 unspecified atom stereocenters. The number of hydrogen-bond acceptors (Lipinski definition) is 20. The van der Waals surface area contributed by atoms with Crippen LogP contribution in [0.25, 0.3) is 0 Å². The Morgan fingerprint density at radius 1 is 0.282 bits per heavy atom. The van der Waals surface area contributed by atoms with Crippen LogP contribution in [0.4, 0.5) is 0 Å². The van der Waals surface area contributed by atoms with Crippen LogP contribution in [-0.2, 0) is 95.3 Å². The fraction of sp³-hybridized carbons (Fsp3) is 0.904. The Bertz CT molecular complexity index is 3100. The van der Waals surface area contributed by atoms with Gasteiger partial charge >= 0.3 is 59.7 Å². The molecule has 0 N–H and O–H groups in total. The molecule has 13 fully saturated rings. The van der Waals surface area contributed by atoms with Gasteiger partial charge in [-0.1, -0.05) is 194 Å². The highest BCUT2D eigenvalue weighted by molar-refractivity contribution is 5.84. The smallest absolute Gasteiger partial charge is 0.344 e. The molecule has 13 aliphatic carbocycles. The van der Waals surface area contributed by atoms with Crippen LogP contribution < -0.4 is 0 Å². The molecule has 124 heavy (non-hydrogen) atoms. The molecule has 20 nitrogen and oxygen atoms in total. The summed E-state index contributed by atoms with van der Waals surface area (Å²) in [5.74, 6) is 0.971. The fourth-order valence-electron chi connectivity index (χ4n) is 23.3. The second kappa shape index (κ2) is 53.1. The lowest BCUT2D eigenvalue weighted by atomic mass is 9.44.